The highest BCUT2D eigenvalue weighted by Gasteiger charge is 2.11. The second-order valence-electron chi connectivity index (χ2n) is 6.97. The zero-order valence-electron chi connectivity index (χ0n) is 18.7. The molecule has 0 aromatic rings. The fourth-order valence-electron chi connectivity index (χ4n) is 2.49. The first-order valence-electron chi connectivity index (χ1n) is 11.1. The molecule has 28 heavy (non-hydrogen) atoms. The van der Waals surface area contributed by atoms with Gasteiger partial charge in [0.15, 0.2) is 0 Å². The highest BCUT2D eigenvalue weighted by Crippen LogP contribution is 2.08. The summed E-state index contributed by atoms with van der Waals surface area (Å²) in [5, 5.41) is 0. The monoisotopic (exact) mass is 396 g/mol. The predicted molar refractivity (Wildman–Crippen MR) is 118 cm³/mol. The molecule has 1 unspecified atom stereocenters. The van der Waals surface area contributed by atoms with Crippen LogP contribution in [0.3, 0.4) is 0 Å². The van der Waals surface area contributed by atoms with E-state index in [0.29, 0.717) is 6.42 Å². The molecule has 0 aliphatic heterocycles. The predicted octanol–water partition coefficient (Wildman–Crippen LogP) is 6.79. The second-order valence-corrected chi connectivity index (χ2v) is 6.97. The molecule has 0 aromatic carbocycles. The first kappa shape index (κ1) is 28.6. The molecular weight excluding hydrogens is 352 g/mol. The average Bonchev–Trinajstić information content (AvgIpc) is 2.72. The van der Waals surface area contributed by atoms with Crippen molar-refractivity contribution < 1.29 is 19.1 Å². The normalized spacial score (nSPS) is 11.5. The molecule has 0 aliphatic carbocycles. The topological polar surface area (TPSA) is 52.6 Å². The van der Waals surface area contributed by atoms with Crippen LogP contribution in [0.15, 0.2) is 25.3 Å². The zero-order chi connectivity index (χ0) is 21.5. The zero-order valence-corrected chi connectivity index (χ0v) is 18.7. The van der Waals surface area contributed by atoms with Gasteiger partial charge in [0.05, 0.1) is 5.92 Å². The van der Waals surface area contributed by atoms with Crippen molar-refractivity contribution in [1.29, 1.82) is 0 Å². The Morgan fingerprint density at radius 3 is 1.93 bits per heavy atom. The van der Waals surface area contributed by atoms with Crippen molar-refractivity contribution in [3.8, 4) is 0 Å². The third-order valence-electron chi connectivity index (χ3n) is 4.50. The Bertz CT molecular complexity index is 390. The Balaban J connectivity index is 0. The number of allylic oxidation sites excluding steroid dienone is 2. The van der Waals surface area contributed by atoms with Crippen LogP contribution in [0.2, 0.25) is 0 Å². The van der Waals surface area contributed by atoms with Gasteiger partial charge in [0, 0.05) is 6.42 Å². The van der Waals surface area contributed by atoms with Crippen molar-refractivity contribution >= 4 is 11.9 Å². The summed E-state index contributed by atoms with van der Waals surface area (Å²) in [6.07, 6.45) is 17.7. The Kier molecular flexibility index (Phi) is 24.0. The summed E-state index contributed by atoms with van der Waals surface area (Å²) >= 11 is 0. The van der Waals surface area contributed by atoms with Gasteiger partial charge in [-0.25, -0.2) is 0 Å². The molecule has 0 N–H and O–H groups in total. The summed E-state index contributed by atoms with van der Waals surface area (Å²) in [4.78, 5) is 23.0. The van der Waals surface area contributed by atoms with Crippen LogP contribution < -0.4 is 0 Å². The van der Waals surface area contributed by atoms with Crippen LogP contribution in [0.5, 0.6) is 0 Å². The Labute approximate surface area is 173 Å². The minimum atomic E-state index is -0.224. The van der Waals surface area contributed by atoms with Crippen LogP contribution in [0.1, 0.15) is 97.8 Å². The van der Waals surface area contributed by atoms with Crippen LogP contribution in [-0.2, 0) is 19.1 Å². The fourth-order valence-corrected chi connectivity index (χ4v) is 2.49. The number of unbranched alkanes of at least 4 members (excludes halogenated alkanes) is 8. The average molecular weight is 397 g/mol. The summed E-state index contributed by atoms with van der Waals surface area (Å²) in [5.74, 6) is -0.517. The summed E-state index contributed by atoms with van der Waals surface area (Å²) < 4.78 is 10.1. The van der Waals surface area contributed by atoms with E-state index in [1.165, 1.54) is 38.5 Å². The first-order chi connectivity index (χ1) is 13.6. The number of esters is 2. The quantitative estimate of drug-likeness (QED) is 0.154. The Morgan fingerprint density at radius 1 is 0.821 bits per heavy atom. The van der Waals surface area contributed by atoms with Gasteiger partial charge in [0.2, 0.25) is 0 Å². The van der Waals surface area contributed by atoms with E-state index in [1.807, 2.05) is 13.8 Å². The van der Waals surface area contributed by atoms with Gasteiger partial charge in [0.25, 0.3) is 0 Å². The highest BCUT2D eigenvalue weighted by atomic mass is 16.6. The van der Waals surface area contributed by atoms with Crippen molar-refractivity contribution in [2.45, 2.75) is 97.8 Å². The fraction of sp³-hybridized carbons (Fsp3) is 0.750. The molecule has 0 saturated heterocycles. The van der Waals surface area contributed by atoms with Crippen LogP contribution >= 0.6 is 0 Å². The van der Waals surface area contributed by atoms with E-state index in [9.17, 15) is 9.59 Å². The molecule has 0 saturated carbocycles. The largest absolute Gasteiger partial charge is 0.462 e. The molecule has 0 amide bonds. The second kappa shape index (κ2) is 23.5. The SMILES string of the molecule is C=C.CCCCCC/C=C\CCCCCCC(=O)OCCOC(=O)C(C)CC. The molecule has 0 aromatic heterocycles. The van der Waals surface area contributed by atoms with Crippen LogP contribution in [0, 0.1) is 5.92 Å². The summed E-state index contributed by atoms with van der Waals surface area (Å²) in [6.45, 7) is 12.3. The van der Waals surface area contributed by atoms with Crippen molar-refractivity contribution in [2.75, 3.05) is 13.2 Å². The molecule has 0 radical (unpaired) electrons. The summed E-state index contributed by atoms with van der Waals surface area (Å²) in [5.41, 5.74) is 0. The van der Waals surface area contributed by atoms with Crippen molar-refractivity contribution in [3.63, 3.8) is 0 Å². The lowest BCUT2D eigenvalue weighted by atomic mass is 10.1. The van der Waals surface area contributed by atoms with Gasteiger partial charge in [-0.2, -0.15) is 0 Å². The maximum Gasteiger partial charge on any atom is 0.308 e. The van der Waals surface area contributed by atoms with E-state index < -0.39 is 0 Å². The van der Waals surface area contributed by atoms with Crippen molar-refractivity contribution in [3.05, 3.63) is 25.3 Å². The Hall–Kier alpha value is -1.58. The maximum atomic E-state index is 11.6. The summed E-state index contributed by atoms with van der Waals surface area (Å²) in [6, 6.07) is 0. The maximum absolute atomic E-state index is 11.6. The van der Waals surface area contributed by atoms with Gasteiger partial charge < -0.3 is 9.47 Å². The first-order valence-corrected chi connectivity index (χ1v) is 11.1. The van der Waals surface area contributed by atoms with E-state index in [1.54, 1.807) is 0 Å². The molecule has 1 atom stereocenters. The smallest absolute Gasteiger partial charge is 0.308 e. The van der Waals surface area contributed by atoms with E-state index in [-0.39, 0.29) is 31.1 Å². The molecule has 0 spiro atoms. The molecule has 4 heteroatoms. The number of carbonyl (C=O) groups excluding carboxylic acids is 2. The van der Waals surface area contributed by atoms with Crippen molar-refractivity contribution in [2.24, 2.45) is 5.92 Å². The number of hydrogen-bond acceptors (Lipinski definition) is 4. The molecule has 0 bridgehead atoms. The lowest BCUT2D eigenvalue weighted by molar-refractivity contribution is -0.154. The van der Waals surface area contributed by atoms with Crippen molar-refractivity contribution in [1.82, 2.24) is 0 Å². The molecule has 0 fully saturated rings. The lowest BCUT2D eigenvalue weighted by Gasteiger charge is -2.09. The van der Waals surface area contributed by atoms with Crippen LogP contribution in [-0.4, -0.2) is 25.2 Å². The molecule has 0 aliphatic rings. The van der Waals surface area contributed by atoms with Gasteiger partial charge >= 0.3 is 11.9 Å². The third kappa shape index (κ3) is 20.7. The molecular formula is C24H44O4. The van der Waals surface area contributed by atoms with Crippen LogP contribution in [0.25, 0.3) is 0 Å². The van der Waals surface area contributed by atoms with Crippen LogP contribution in [0.4, 0.5) is 0 Å². The number of carbonyl (C=O) groups is 2. The minimum absolute atomic E-state index is 0.0957. The number of rotatable bonds is 17. The van der Waals surface area contributed by atoms with E-state index in [2.05, 4.69) is 32.2 Å². The Morgan fingerprint density at radius 2 is 1.36 bits per heavy atom. The lowest BCUT2D eigenvalue weighted by Crippen LogP contribution is -2.18. The summed E-state index contributed by atoms with van der Waals surface area (Å²) in [7, 11) is 0. The van der Waals surface area contributed by atoms with E-state index >= 15 is 0 Å². The minimum Gasteiger partial charge on any atom is -0.462 e. The van der Waals surface area contributed by atoms with Gasteiger partial charge in [-0.1, -0.05) is 65.0 Å². The van der Waals surface area contributed by atoms with Gasteiger partial charge in [-0.05, 0) is 38.5 Å². The highest BCUT2D eigenvalue weighted by molar-refractivity contribution is 5.72. The van der Waals surface area contributed by atoms with Gasteiger partial charge in [-0.3, -0.25) is 9.59 Å². The van der Waals surface area contributed by atoms with Gasteiger partial charge in [0.1, 0.15) is 13.2 Å². The molecule has 0 heterocycles. The molecule has 0 rings (SSSR count). The van der Waals surface area contributed by atoms with E-state index in [0.717, 1.165) is 32.1 Å². The van der Waals surface area contributed by atoms with Gasteiger partial charge in [-0.15, -0.1) is 13.2 Å². The number of hydrogen-bond donors (Lipinski definition) is 0. The molecule has 164 valence electrons. The van der Waals surface area contributed by atoms with E-state index in [4.69, 9.17) is 9.47 Å². The standard InChI is InChI=1S/C22H40O4.C2H4/c1-4-6-7-8-9-10-11-12-13-14-15-16-17-21(23)25-18-19-26-22(24)20(3)5-2;1-2/h10-11,20H,4-9,12-19H2,1-3H3;1-2H2/b11-10-;. The third-order valence-corrected chi connectivity index (χ3v) is 4.50. The molecule has 4 nitrogen and oxygen atoms in total. The number of ether oxygens (including phenoxy) is 2.